The number of alkyl carbamates (subject to hydrolysis) is 1. The van der Waals surface area contributed by atoms with Crippen LogP contribution in [0.4, 0.5) is 4.79 Å². The maximum Gasteiger partial charge on any atom is 0.408 e. The first-order valence-electron chi connectivity index (χ1n) is 7.99. The van der Waals surface area contributed by atoms with Crippen LogP contribution in [0.1, 0.15) is 44.5 Å². The number of methoxy groups -OCH3 is 1. The van der Waals surface area contributed by atoms with Crippen molar-refractivity contribution in [2.45, 2.75) is 45.8 Å². The van der Waals surface area contributed by atoms with Crippen molar-refractivity contribution in [3.8, 4) is 5.75 Å². The summed E-state index contributed by atoms with van der Waals surface area (Å²) >= 11 is 0. The maximum absolute atomic E-state index is 12.4. The molecule has 25 heavy (non-hydrogen) atoms. The number of carbonyl (C=O) groups excluding carboxylic acids is 3. The summed E-state index contributed by atoms with van der Waals surface area (Å²) in [6.45, 7) is 6.90. The van der Waals surface area contributed by atoms with Crippen LogP contribution in [0.15, 0.2) is 24.3 Å². The van der Waals surface area contributed by atoms with Gasteiger partial charge in [0.15, 0.2) is 5.78 Å². The van der Waals surface area contributed by atoms with Gasteiger partial charge in [-0.25, -0.2) is 9.59 Å². The van der Waals surface area contributed by atoms with Crippen molar-refractivity contribution in [1.82, 2.24) is 5.32 Å². The van der Waals surface area contributed by atoms with E-state index in [4.69, 9.17) is 14.2 Å². The largest absolute Gasteiger partial charge is 0.497 e. The lowest BCUT2D eigenvalue weighted by Gasteiger charge is -2.22. The van der Waals surface area contributed by atoms with Gasteiger partial charge in [0.1, 0.15) is 17.4 Å². The van der Waals surface area contributed by atoms with E-state index in [0.29, 0.717) is 11.3 Å². The summed E-state index contributed by atoms with van der Waals surface area (Å²) in [5.41, 5.74) is -0.315. The maximum atomic E-state index is 12.4. The second kappa shape index (κ2) is 9.05. The third-order valence-electron chi connectivity index (χ3n) is 3.06. The fraction of sp³-hybridized carbons (Fsp3) is 0.500. The van der Waals surface area contributed by atoms with E-state index in [2.05, 4.69) is 5.32 Å². The normalized spacial score (nSPS) is 12.0. The van der Waals surface area contributed by atoms with Gasteiger partial charge in [0.05, 0.1) is 13.7 Å². The Balaban J connectivity index is 2.83. The monoisotopic (exact) mass is 351 g/mol. The zero-order valence-electron chi connectivity index (χ0n) is 15.3. The zero-order valence-corrected chi connectivity index (χ0v) is 15.3. The molecular formula is C18H25NO6. The molecule has 0 unspecified atom stereocenters. The van der Waals surface area contributed by atoms with E-state index >= 15 is 0 Å². The van der Waals surface area contributed by atoms with Gasteiger partial charge in [0.25, 0.3) is 0 Å². The van der Waals surface area contributed by atoms with Crippen LogP contribution in [-0.2, 0) is 14.3 Å². The van der Waals surface area contributed by atoms with Crippen LogP contribution < -0.4 is 10.1 Å². The SMILES string of the molecule is CCOC(=O)[C@@H](CC(=O)c1ccc(OC)cc1)NC(=O)OC(C)(C)C. The van der Waals surface area contributed by atoms with E-state index in [0.717, 1.165) is 0 Å². The topological polar surface area (TPSA) is 90.9 Å². The number of ketones is 1. The van der Waals surface area contributed by atoms with E-state index in [1.807, 2.05) is 0 Å². The van der Waals surface area contributed by atoms with Crippen LogP contribution in [0.25, 0.3) is 0 Å². The summed E-state index contributed by atoms with van der Waals surface area (Å²) < 4.78 is 15.1. The van der Waals surface area contributed by atoms with Gasteiger partial charge in [-0.3, -0.25) is 4.79 Å². The van der Waals surface area contributed by atoms with Gasteiger partial charge >= 0.3 is 12.1 Å². The Kier molecular flexibility index (Phi) is 7.42. The number of benzene rings is 1. The molecule has 0 radical (unpaired) electrons. The number of carbonyl (C=O) groups is 3. The van der Waals surface area contributed by atoms with Gasteiger partial charge < -0.3 is 19.5 Å². The lowest BCUT2D eigenvalue weighted by molar-refractivity contribution is -0.145. The Bertz CT molecular complexity index is 603. The second-order valence-electron chi connectivity index (χ2n) is 6.31. The molecule has 0 aliphatic carbocycles. The molecule has 0 saturated carbocycles. The zero-order chi connectivity index (χ0) is 19.0. The number of ether oxygens (including phenoxy) is 3. The van der Waals surface area contributed by atoms with Gasteiger partial charge in [0, 0.05) is 12.0 Å². The second-order valence-corrected chi connectivity index (χ2v) is 6.31. The Morgan fingerprint density at radius 1 is 1.12 bits per heavy atom. The highest BCUT2D eigenvalue weighted by Gasteiger charge is 2.28. The highest BCUT2D eigenvalue weighted by Crippen LogP contribution is 2.14. The molecular weight excluding hydrogens is 326 g/mol. The lowest BCUT2D eigenvalue weighted by Crippen LogP contribution is -2.45. The molecule has 0 aliphatic heterocycles. The van der Waals surface area contributed by atoms with Crippen LogP contribution in [0.5, 0.6) is 5.75 Å². The number of Topliss-reactive ketones (excluding diaryl/α,β-unsaturated/α-hetero) is 1. The molecule has 1 aromatic carbocycles. The first-order valence-corrected chi connectivity index (χ1v) is 7.99. The number of esters is 1. The molecule has 0 fully saturated rings. The Morgan fingerprint density at radius 2 is 1.72 bits per heavy atom. The Morgan fingerprint density at radius 3 is 2.20 bits per heavy atom. The molecule has 1 N–H and O–H groups in total. The molecule has 0 aliphatic rings. The lowest BCUT2D eigenvalue weighted by atomic mass is 10.0. The molecule has 0 aromatic heterocycles. The van der Waals surface area contributed by atoms with Crippen molar-refractivity contribution in [3.63, 3.8) is 0 Å². The first kappa shape index (κ1) is 20.5. The van der Waals surface area contributed by atoms with Crippen molar-refractivity contribution < 1.29 is 28.6 Å². The van der Waals surface area contributed by atoms with E-state index in [9.17, 15) is 14.4 Å². The summed E-state index contributed by atoms with van der Waals surface area (Å²) in [4.78, 5) is 36.3. The van der Waals surface area contributed by atoms with Crippen molar-refractivity contribution in [1.29, 1.82) is 0 Å². The fourth-order valence-corrected chi connectivity index (χ4v) is 1.97. The van der Waals surface area contributed by atoms with Crippen molar-refractivity contribution in [3.05, 3.63) is 29.8 Å². The molecule has 0 saturated heterocycles. The predicted molar refractivity (Wildman–Crippen MR) is 91.7 cm³/mol. The van der Waals surface area contributed by atoms with Gasteiger partial charge in [-0.2, -0.15) is 0 Å². The predicted octanol–water partition coefficient (Wildman–Crippen LogP) is 2.72. The molecule has 1 rings (SSSR count). The minimum absolute atomic E-state index is 0.141. The smallest absolute Gasteiger partial charge is 0.408 e. The third kappa shape index (κ3) is 7.24. The molecule has 7 heteroatoms. The van der Waals surface area contributed by atoms with Crippen LogP contribution >= 0.6 is 0 Å². The molecule has 7 nitrogen and oxygen atoms in total. The molecule has 138 valence electrons. The number of amides is 1. The van der Waals surface area contributed by atoms with E-state index in [1.165, 1.54) is 7.11 Å². The van der Waals surface area contributed by atoms with Crippen LogP contribution in [0.2, 0.25) is 0 Å². The van der Waals surface area contributed by atoms with Gasteiger partial charge in [0.2, 0.25) is 0 Å². The molecule has 1 aromatic rings. The molecule has 0 bridgehead atoms. The van der Waals surface area contributed by atoms with Gasteiger partial charge in [-0.15, -0.1) is 0 Å². The van der Waals surface area contributed by atoms with Crippen LogP contribution in [0, 0.1) is 0 Å². The minimum Gasteiger partial charge on any atom is -0.497 e. The standard InChI is InChI=1S/C18H25NO6/c1-6-24-16(21)14(19-17(22)25-18(2,3)4)11-15(20)12-7-9-13(23-5)10-8-12/h7-10,14H,6,11H2,1-5H3,(H,19,22)/t14-/m1/s1. The third-order valence-corrected chi connectivity index (χ3v) is 3.06. The quantitative estimate of drug-likeness (QED) is 0.600. The first-order chi connectivity index (χ1) is 11.7. The molecule has 1 amide bonds. The van der Waals surface area contributed by atoms with Gasteiger partial charge in [-0.05, 0) is 52.0 Å². The van der Waals surface area contributed by atoms with E-state index in [1.54, 1.807) is 52.0 Å². The molecule has 0 spiro atoms. The van der Waals surface area contributed by atoms with Crippen LogP contribution in [0.3, 0.4) is 0 Å². The Hall–Kier alpha value is -2.57. The summed E-state index contributed by atoms with van der Waals surface area (Å²) in [5, 5.41) is 2.40. The summed E-state index contributed by atoms with van der Waals surface area (Å²) in [5.74, 6) is -0.377. The number of rotatable bonds is 7. The summed E-state index contributed by atoms with van der Waals surface area (Å²) in [6.07, 6.45) is -1.02. The van der Waals surface area contributed by atoms with Crippen LogP contribution in [-0.4, -0.2) is 43.2 Å². The van der Waals surface area contributed by atoms with Crippen molar-refractivity contribution in [2.24, 2.45) is 0 Å². The van der Waals surface area contributed by atoms with E-state index < -0.39 is 23.7 Å². The Labute approximate surface area is 147 Å². The minimum atomic E-state index is -1.12. The van der Waals surface area contributed by atoms with E-state index in [-0.39, 0.29) is 18.8 Å². The molecule has 0 heterocycles. The summed E-state index contributed by atoms with van der Waals surface area (Å²) in [7, 11) is 1.53. The number of nitrogens with one attached hydrogen (secondary N) is 1. The highest BCUT2D eigenvalue weighted by molar-refractivity contribution is 5.99. The fourth-order valence-electron chi connectivity index (χ4n) is 1.97. The summed E-state index contributed by atoms with van der Waals surface area (Å²) in [6, 6.07) is 5.36. The molecule has 1 atom stereocenters. The average Bonchev–Trinajstić information content (AvgIpc) is 2.52. The average molecular weight is 351 g/mol. The number of hydrogen-bond donors (Lipinski definition) is 1. The van der Waals surface area contributed by atoms with Gasteiger partial charge in [-0.1, -0.05) is 0 Å². The van der Waals surface area contributed by atoms with Crippen molar-refractivity contribution >= 4 is 17.8 Å². The van der Waals surface area contributed by atoms with Crippen molar-refractivity contribution in [2.75, 3.05) is 13.7 Å². The number of hydrogen-bond acceptors (Lipinski definition) is 6. The highest BCUT2D eigenvalue weighted by atomic mass is 16.6.